The number of benzene rings is 1. The van der Waals surface area contributed by atoms with Gasteiger partial charge in [0.15, 0.2) is 5.96 Å². The number of aliphatic hydroxyl groups excluding tert-OH is 1. The van der Waals surface area contributed by atoms with Crippen molar-refractivity contribution in [2.45, 2.75) is 39.3 Å². The SMILES string of the molecule is CCNC(=NCC(O)COc1ccc([N+](=O)[O-])cc1)N1CCC(N(CC)CC)C1.I. The van der Waals surface area contributed by atoms with Gasteiger partial charge in [-0.05, 0) is 38.6 Å². The van der Waals surface area contributed by atoms with Gasteiger partial charge in [-0.3, -0.25) is 20.0 Å². The number of likely N-dealkylation sites (N-methyl/N-ethyl adjacent to an activating group) is 1. The summed E-state index contributed by atoms with van der Waals surface area (Å²) < 4.78 is 5.52. The van der Waals surface area contributed by atoms with Crippen molar-refractivity contribution in [3.63, 3.8) is 0 Å². The number of aliphatic imine (C=N–C) groups is 1. The highest BCUT2D eigenvalue weighted by atomic mass is 127. The molecule has 0 aromatic heterocycles. The summed E-state index contributed by atoms with van der Waals surface area (Å²) in [6.45, 7) is 11.4. The summed E-state index contributed by atoms with van der Waals surface area (Å²) in [4.78, 5) is 19.5. The van der Waals surface area contributed by atoms with E-state index in [-0.39, 0.29) is 42.8 Å². The molecule has 170 valence electrons. The van der Waals surface area contributed by atoms with Crippen LogP contribution in [-0.4, -0.2) is 83.8 Å². The average molecular weight is 535 g/mol. The molecular formula is C20H34IN5O4. The Balaban J connectivity index is 0.00000450. The van der Waals surface area contributed by atoms with Crippen LogP contribution in [-0.2, 0) is 0 Å². The Labute approximate surface area is 195 Å². The summed E-state index contributed by atoms with van der Waals surface area (Å²) in [5, 5.41) is 24.2. The van der Waals surface area contributed by atoms with E-state index in [4.69, 9.17) is 4.74 Å². The summed E-state index contributed by atoms with van der Waals surface area (Å²) >= 11 is 0. The Morgan fingerprint density at radius 3 is 2.60 bits per heavy atom. The van der Waals surface area contributed by atoms with Crippen molar-refractivity contribution in [2.24, 2.45) is 4.99 Å². The van der Waals surface area contributed by atoms with Gasteiger partial charge in [-0.25, -0.2) is 0 Å². The molecule has 2 rings (SSSR count). The topological polar surface area (TPSA) is 103 Å². The molecule has 9 nitrogen and oxygen atoms in total. The monoisotopic (exact) mass is 535 g/mol. The lowest BCUT2D eigenvalue weighted by atomic mass is 10.2. The molecule has 0 saturated carbocycles. The molecule has 2 unspecified atom stereocenters. The number of aliphatic hydroxyl groups is 1. The van der Waals surface area contributed by atoms with Crippen LogP contribution in [0.4, 0.5) is 5.69 Å². The molecule has 1 saturated heterocycles. The summed E-state index contributed by atoms with van der Waals surface area (Å²) in [5.74, 6) is 1.30. The number of rotatable bonds is 10. The highest BCUT2D eigenvalue weighted by Crippen LogP contribution is 2.18. The maximum atomic E-state index is 10.7. The molecule has 1 aliphatic rings. The summed E-state index contributed by atoms with van der Waals surface area (Å²) in [6.07, 6.45) is 0.345. The van der Waals surface area contributed by atoms with E-state index in [1.807, 2.05) is 6.92 Å². The summed E-state index contributed by atoms with van der Waals surface area (Å²) in [7, 11) is 0. The van der Waals surface area contributed by atoms with Gasteiger partial charge in [-0.1, -0.05) is 13.8 Å². The average Bonchev–Trinajstić information content (AvgIpc) is 3.20. The second-order valence-electron chi connectivity index (χ2n) is 7.02. The minimum absolute atomic E-state index is 0. The number of non-ortho nitro benzene ring substituents is 1. The fourth-order valence-corrected chi connectivity index (χ4v) is 3.50. The molecule has 10 heteroatoms. The molecule has 30 heavy (non-hydrogen) atoms. The van der Waals surface area contributed by atoms with Crippen LogP contribution in [0.15, 0.2) is 29.3 Å². The number of nitro benzene ring substituents is 1. The first-order valence-electron chi connectivity index (χ1n) is 10.3. The van der Waals surface area contributed by atoms with Gasteiger partial charge < -0.3 is 20.1 Å². The third-order valence-electron chi connectivity index (χ3n) is 5.07. The molecule has 0 bridgehead atoms. The molecule has 2 N–H and O–H groups in total. The van der Waals surface area contributed by atoms with Crippen molar-refractivity contribution < 1.29 is 14.8 Å². The van der Waals surface area contributed by atoms with E-state index in [1.165, 1.54) is 24.3 Å². The third kappa shape index (κ3) is 7.88. The van der Waals surface area contributed by atoms with Crippen LogP contribution in [0.3, 0.4) is 0 Å². The van der Waals surface area contributed by atoms with Crippen molar-refractivity contribution in [3.8, 4) is 5.75 Å². The lowest BCUT2D eigenvalue weighted by Gasteiger charge is -2.27. The zero-order valence-corrected chi connectivity index (χ0v) is 20.3. The molecule has 1 aromatic carbocycles. The fraction of sp³-hybridized carbons (Fsp3) is 0.650. The van der Waals surface area contributed by atoms with Crippen molar-refractivity contribution >= 4 is 35.6 Å². The molecule has 2 atom stereocenters. The van der Waals surface area contributed by atoms with Crippen molar-refractivity contribution in [2.75, 3.05) is 45.9 Å². The van der Waals surface area contributed by atoms with Gasteiger partial charge in [-0.15, -0.1) is 24.0 Å². The van der Waals surface area contributed by atoms with Gasteiger partial charge >= 0.3 is 0 Å². The van der Waals surface area contributed by atoms with E-state index in [1.54, 1.807) is 0 Å². The first-order chi connectivity index (χ1) is 14.0. The Morgan fingerprint density at radius 1 is 1.37 bits per heavy atom. The normalized spacial score (nSPS) is 17.6. The molecule has 1 aliphatic heterocycles. The molecule has 0 radical (unpaired) electrons. The van der Waals surface area contributed by atoms with Crippen molar-refractivity contribution in [1.82, 2.24) is 15.1 Å². The molecule has 0 amide bonds. The Morgan fingerprint density at radius 2 is 2.03 bits per heavy atom. The largest absolute Gasteiger partial charge is 0.491 e. The van der Waals surface area contributed by atoms with Crippen LogP contribution in [0.25, 0.3) is 0 Å². The van der Waals surface area contributed by atoms with E-state index >= 15 is 0 Å². The lowest BCUT2D eigenvalue weighted by molar-refractivity contribution is -0.384. The molecule has 1 fully saturated rings. The highest BCUT2D eigenvalue weighted by Gasteiger charge is 2.28. The Kier molecular flexibility index (Phi) is 12.0. The second-order valence-corrected chi connectivity index (χ2v) is 7.02. The summed E-state index contributed by atoms with van der Waals surface area (Å²) in [5.41, 5.74) is 0.00593. The van der Waals surface area contributed by atoms with Gasteiger partial charge in [0.2, 0.25) is 0 Å². The van der Waals surface area contributed by atoms with Gasteiger partial charge in [0.25, 0.3) is 5.69 Å². The van der Waals surface area contributed by atoms with Gasteiger partial charge in [0.1, 0.15) is 18.5 Å². The molecular weight excluding hydrogens is 501 g/mol. The number of hydrogen-bond acceptors (Lipinski definition) is 6. The summed E-state index contributed by atoms with van der Waals surface area (Å²) in [6, 6.07) is 6.33. The quantitative estimate of drug-likeness (QED) is 0.156. The number of halogens is 1. The molecule has 1 aromatic rings. The van der Waals surface area contributed by atoms with E-state index < -0.39 is 11.0 Å². The predicted octanol–water partition coefficient (Wildman–Crippen LogP) is 2.33. The maximum absolute atomic E-state index is 10.7. The number of ether oxygens (including phenoxy) is 1. The van der Waals surface area contributed by atoms with E-state index in [0.29, 0.717) is 11.8 Å². The number of likely N-dealkylation sites (tertiary alicyclic amines) is 1. The van der Waals surface area contributed by atoms with Crippen molar-refractivity contribution in [3.05, 3.63) is 34.4 Å². The first kappa shape index (κ1) is 26.4. The van der Waals surface area contributed by atoms with E-state index in [0.717, 1.165) is 45.1 Å². The molecule has 1 heterocycles. The third-order valence-corrected chi connectivity index (χ3v) is 5.07. The fourth-order valence-electron chi connectivity index (χ4n) is 3.50. The Hall–Kier alpha value is -1.66. The zero-order chi connectivity index (χ0) is 21.2. The van der Waals surface area contributed by atoms with Crippen LogP contribution in [0.2, 0.25) is 0 Å². The smallest absolute Gasteiger partial charge is 0.269 e. The minimum atomic E-state index is -0.764. The van der Waals surface area contributed by atoms with Crippen LogP contribution < -0.4 is 10.1 Å². The zero-order valence-electron chi connectivity index (χ0n) is 18.0. The highest BCUT2D eigenvalue weighted by molar-refractivity contribution is 14.0. The number of nitrogens with zero attached hydrogens (tertiary/aromatic N) is 4. The van der Waals surface area contributed by atoms with Crippen LogP contribution in [0, 0.1) is 10.1 Å². The number of hydrogen-bond donors (Lipinski definition) is 2. The second kappa shape index (κ2) is 13.6. The Bertz CT molecular complexity index is 670. The van der Waals surface area contributed by atoms with Crippen LogP contribution in [0.1, 0.15) is 27.2 Å². The predicted molar refractivity (Wildman–Crippen MR) is 129 cm³/mol. The lowest BCUT2D eigenvalue weighted by Crippen LogP contribution is -2.43. The van der Waals surface area contributed by atoms with E-state index in [2.05, 4.69) is 34.0 Å². The number of nitrogens with one attached hydrogen (secondary N) is 1. The van der Waals surface area contributed by atoms with Gasteiger partial charge in [-0.2, -0.15) is 0 Å². The molecule has 0 aliphatic carbocycles. The van der Waals surface area contributed by atoms with Crippen molar-refractivity contribution in [1.29, 1.82) is 0 Å². The minimum Gasteiger partial charge on any atom is -0.491 e. The first-order valence-corrected chi connectivity index (χ1v) is 10.3. The van der Waals surface area contributed by atoms with Gasteiger partial charge in [0.05, 0.1) is 11.5 Å². The standard InChI is InChI=1S/C20H33N5O4.HI/c1-4-21-20(24-12-11-17(14-24)23(5-2)6-3)22-13-18(26)15-29-19-9-7-16(8-10-19)25(27)28;/h7-10,17-18,26H,4-6,11-15H2,1-3H3,(H,21,22);1H. The maximum Gasteiger partial charge on any atom is 0.269 e. The van der Waals surface area contributed by atoms with Gasteiger partial charge in [0, 0.05) is 37.8 Å². The number of nitro groups is 1. The molecule has 0 spiro atoms. The van der Waals surface area contributed by atoms with Crippen LogP contribution in [0.5, 0.6) is 5.75 Å². The van der Waals surface area contributed by atoms with Crippen LogP contribution >= 0.6 is 24.0 Å². The van der Waals surface area contributed by atoms with E-state index in [9.17, 15) is 15.2 Å². The number of guanidine groups is 1.